The van der Waals surface area contributed by atoms with Gasteiger partial charge in [-0.05, 0) is 59.3 Å². The van der Waals surface area contributed by atoms with Crippen molar-refractivity contribution in [2.24, 2.45) is 0 Å². The molecule has 2 aromatic carbocycles. The molecule has 144 valence electrons. The van der Waals surface area contributed by atoms with E-state index in [1.165, 1.54) is 11.3 Å². The van der Waals surface area contributed by atoms with Gasteiger partial charge in [0, 0.05) is 6.54 Å². The smallest absolute Gasteiger partial charge is 0.338 e. The number of rotatable bonds is 7. The molecule has 0 spiro atoms. The molecular weight excluding hydrogens is 374 g/mol. The highest BCUT2D eigenvalue weighted by atomic mass is 32.1. The van der Waals surface area contributed by atoms with Crippen LogP contribution in [0.25, 0.3) is 11.1 Å². The van der Waals surface area contributed by atoms with E-state index in [1.807, 2.05) is 47.8 Å². The molecule has 0 unspecified atom stereocenters. The molecule has 1 amide bonds. The summed E-state index contributed by atoms with van der Waals surface area (Å²) in [5, 5.41) is 4.87. The largest absolute Gasteiger partial charge is 0.497 e. The average molecular weight is 395 g/mol. The first-order valence-corrected chi connectivity index (χ1v) is 9.76. The van der Waals surface area contributed by atoms with Crippen LogP contribution in [0.3, 0.4) is 0 Å². The number of hydrogen-bond donors (Lipinski definition) is 1. The van der Waals surface area contributed by atoms with Crippen molar-refractivity contribution in [2.75, 3.05) is 13.7 Å². The van der Waals surface area contributed by atoms with Gasteiger partial charge in [0.1, 0.15) is 5.75 Å². The lowest BCUT2D eigenvalue weighted by Crippen LogP contribution is -2.21. The average Bonchev–Trinajstić information content (AvgIpc) is 3.23. The molecule has 6 heteroatoms. The number of amides is 1. The van der Waals surface area contributed by atoms with Crippen LogP contribution in [0.4, 0.5) is 0 Å². The predicted octanol–water partition coefficient (Wildman–Crippen LogP) is 4.53. The minimum atomic E-state index is -0.345. The molecule has 3 aromatic rings. The Bertz CT molecular complexity index is 945. The van der Waals surface area contributed by atoms with Crippen LogP contribution >= 0.6 is 11.3 Å². The summed E-state index contributed by atoms with van der Waals surface area (Å²) in [6.07, 6.45) is 0. The molecule has 0 aliphatic heterocycles. The second-order valence-corrected chi connectivity index (χ2v) is 6.94. The summed E-state index contributed by atoms with van der Waals surface area (Å²) in [5.74, 6) is 0.327. The maximum absolute atomic E-state index is 12.4. The van der Waals surface area contributed by atoms with Gasteiger partial charge in [-0.2, -0.15) is 0 Å². The van der Waals surface area contributed by atoms with Gasteiger partial charge in [-0.15, -0.1) is 11.3 Å². The zero-order chi connectivity index (χ0) is 19.9. The van der Waals surface area contributed by atoms with Crippen molar-refractivity contribution >= 4 is 23.2 Å². The molecule has 0 bridgehead atoms. The van der Waals surface area contributed by atoms with Crippen LogP contribution in [0.15, 0.2) is 60.0 Å². The number of carbonyl (C=O) groups excluding carboxylic acids is 2. The van der Waals surface area contributed by atoms with Gasteiger partial charge in [-0.3, -0.25) is 4.79 Å². The third kappa shape index (κ3) is 4.78. The van der Waals surface area contributed by atoms with Gasteiger partial charge in [0.25, 0.3) is 5.91 Å². The predicted molar refractivity (Wildman–Crippen MR) is 110 cm³/mol. The molecule has 3 rings (SSSR count). The van der Waals surface area contributed by atoms with Crippen molar-refractivity contribution in [3.8, 4) is 16.9 Å². The monoisotopic (exact) mass is 395 g/mol. The van der Waals surface area contributed by atoms with Gasteiger partial charge in [-0.1, -0.05) is 24.3 Å². The highest BCUT2D eigenvalue weighted by Gasteiger charge is 2.11. The number of hydrogen-bond acceptors (Lipinski definition) is 5. The Labute approximate surface area is 167 Å². The number of benzene rings is 2. The molecule has 0 aliphatic rings. The summed E-state index contributed by atoms with van der Waals surface area (Å²) in [4.78, 5) is 24.7. The van der Waals surface area contributed by atoms with Crippen LogP contribution in [0, 0.1) is 0 Å². The second kappa shape index (κ2) is 9.19. The van der Waals surface area contributed by atoms with Gasteiger partial charge in [0.15, 0.2) is 0 Å². The molecule has 1 aromatic heterocycles. The molecule has 1 heterocycles. The molecule has 0 radical (unpaired) electrons. The van der Waals surface area contributed by atoms with Crippen molar-refractivity contribution in [3.05, 3.63) is 76.0 Å². The van der Waals surface area contributed by atoms with E-state index in [9.17, 15) is 9.59 Å². The molecule has 0 saturated heterocycles. The lowest BCUT2D eigenvalue weighted by molar-refractivity contribution is 0.0526. The molecule has 5 nitrogen and oxygen atoms in total. The molecule has 0 aliphatic carbocycles. The lowest BCUT2D eigenvalue weighted by Gasteiger charge is -2.06. The maximum Gasteiger partial charge on any atom is 0.338 e. The van der Waals surface area contributed by atoms with Gasteiger partial charge in [0.2, 0.25) is 0 Å². The maximum atomic E-state index is 12.4. The summed E-state index contributed by atoms with van der Waals surface area (Å²) in [5.41, 5.74) is 3.44. The SMILES string of the molecule is CCOC(=O)c1ccc(CNC(=O)c2cc(-c3ccc(OC)cc3)cs2)cc1. The summed E-state index contributed by atoms with van der Waals surface area (Å²) >= 11 is 1.40. The Morgan fingerprint density at radius 2 is 1.71 bits per heavy atom. The Morgan fingerprint density at radius 1 is 1.00 bits per heavy atom. The van der Waals surface area contributed by atoms with E-state index in [0.717, 1.165) is 22.4 Å². The number of ether oxygens (including phenoxy) is 2. The number of carbonyl (C=O) groups is 2. The first-order chi connectivity index (χ1) is 13.6. The second-order valence-electron chi connectivity index (χ2n) is 6.03. The quantitative estimate of drug-likeness (QED) is 0.597. The third-order valence-corrected chi connectivity index (χ3v) is 5.09. The molecule has 1 N–H and O–H groups in total. The van der Waals surface area contributed by atoms with Crippen molar-refractivity contribution in [1.29, 1.82) is 0 Å². The van der Waals surface area contributed by atoms with Crippen molar-refractivity contribution in [2.45, 2.75) is 13.5 Å². The molecular formula is C22H21NO4S. The van der Waals surface area contributed by atoms with Gasteiger partial charge < -0.3 is 14.8 Å². The number of esters is 1. The summed E-state index contributed by atoms with van der Waals surface area (Å²) in [7, 11) is 1.63. The van der Waals surface area contributed by atoms with E-state index in [2.05, 4.69) is 5.32 Å². The lowest BCUT2D eigenvalue weighted by atomic mass is 10.1. The Hall–Kier alpha value is -3.12. The van der Waals surface area contributed by atoms with Gasteiger partial charge in [-0.25, -0.2) is 4.79 Å². The van der Waals surface area contributed by atoms with Crippen molar-refractivity contribution in [1.82, 2.24) is 5.32 Å². The minimum Gasteiger partial charge on any atom is -0.497 e. The third-order valence-electron chi connectivity index (χ3n) is 4.16. The normalized spacial score (nSPS) is 10.4. The van der Waals surface area contributed by atoms with Crippen LogP contribution < -0.4 is 10.1 Å². The number of thiophene rings is 1. The minimum absolute atomic E-state index is 0.126. The van der Waals surface area contributed by atoms with Gasteiger partial charge in [0.05, 0.1) is 24.2 Å². The Morgan fingerprint density at radius 3 is 2.36 bits per heavy atom. The van der Waals surface area contributed by atoms with Crippen LogP contribution in [-0.4, -0.2) is 25.6 Å². The number of methoxy groups -OCH3 is 1. The molecule has 0 fully saturated rings. The van der Waals surface area contributed by atoms with E-state index in [0.29, 0.717) is 23.6 Å². The van der Waals surface area contributed by atoms with E-state index < -0.39 is 0 Å². The first kappa shape index (κ1) is 19.6. The Kier molecular flexibility index (Phi) is 6.45. The fourth-order valence-corrected chi connectivity index (χ4v) is 3.46. The highest BCUT2D eigenvalue weighted by molar-refractivity contribution is 7.12. The van der Waals surface area contributed by atoms with Crippen LogP contribution in [-0.2, 0) is 11.3 Å². The Balaban J connectivity index is 1.59. The van der Waals surface area contributed by atoms with Crippen molar-refractivity contribution in [3.63, 3.8) is 0 Å². The van der Waals surface area contributed by atoms with E-state index in [-0.39, 0.29) is 11.9 Å². The summed E-state index contributed by atoms with van der Waals surface area (Å²) in [6, 6.07) is 16.6. The van der Waals surface area contributed by atoms with Crippen LogP contribution in [0.2, 0.25) is 0 Å². The van der Waals surface area contributed by atoms with Gasteiger partial charge >= 0.3 is 5.97 Å². The highest BCUT2D eigenvalue weighted by Crippen LogP contribution is 2.27. The summed E-state index contributed by atoms with van der Waals surface area (Å²) < 4.78 is 10.1. The molecule has 28 heavy (non-hydrogen) atoms. The standard InChI is InChI=1S/C22H21NO4S/c1-3-27-22(25)17-6-4-15(5-7-17)13-23-21(24)20-12-18(14-28-20)16-8-10-19(26-2)11-9-16/h4-12,14H,3,13H2,1-2H3,(H,23,24). The topological polar surface area (TPSA) is 64.6 Å². The fraction of sp³-hybridized carbons (Fsp3) is 0.182. The van der Waals surface area contributed by atoms with Crippen LogP contribution in [0.1, 0.15) is 32.5 Å². The van der Waals surface area contributed by atoms with E-state index >= 15 is 0 Å². The van der Waals surface area contributed by atoms with E-state index in [4.69, 9.17) is 9.47 Å². The summed E-state index contributed by atoms with van der Waals surface area (Å²) in [6.45, 7) is 2.50. The first-order valence-electron chi connectivity index (χ1n) is 8.88. The molecule has 0 saturated carbocycles. The number of nitrogens with one attached hydrogen (secondary N) is 1. The van der Waals surface area contributed by atoms with Crippen molar-refractivity contribution < 1.29 is 19.1 Å². The zero-order valence-corrected chi connectivity index (χ0v) is 16.5. The van der Waals surface area contributed by atoms with Crippen LogP contribution in [0.5, 0.6) is 5.75 Å². The molecule has 0 atom stereocenters. The van der Waals surface area contributed by atoms with E-state index in [1.54, 1.807) is 26.2 Å². The fourth-order valence-electron chi connectivity index (χ4n) is 2.63. The zero-order valence-electron chi connectivity index (χ0n) is 15.7.